The number of hydrogen-bond donors (Lipinski definition) is 1. The lowest BCUT2D eigenvalue weighted by atomic mass is 10.1. The highest BCUT2D eigenvalue weighted by Gasteiger charge is 2.09. The molecule has 0 fully saturated rings. The highest BCUT2D eigenvalue weighted by Crippen LogP contribution is 2.16. The number of carbonyl (C=O) groups is 1. The van der Waals surface area contributed by atoms with Gasteiger partial charge in [-0.2, -0.15) is 5.10 Å². The van der Waals surface area contributed by atoms with Crippen LogP contribution in [-0.2, 0) is 11.5 Å². The van der Waals surface area contributed by atoms with E-state index in [0.29, 0.717) is 18.8 Å². The van der Waals surface area contributed by atoms with E-state index < -0.39 is 0 Å². The Morgan fingerprint density at radius 3 is 2.70 bits per heavy atom. The molecule has 0 radical (unpaired) electrons. The van der Waals surface area contributed by atoms with Crippen molar-refractivity contribution in [2.75, 3.05) is 20.3 Å². The molecule has 23 heavy (non-hydrogen) atoms. The number of ether oxygens (including phenoxy) is 2. The molecular weight excluding hydrogens is 294 g/mol. The van der Waals surface area contributed by atoms with Gasteiger partial charge in [-0.3, -0.25) is 4.79 Å². The van der Waals surface area contributed by atoms with Crippen LogP contribution in [-0.4, -0.2) is 35.9 Å². The van der Waals surface area contributed by atoms with Gasteiger partial charge in [-0.1, -0.05) is 6.07 Å². The number of methoxy groups -OCH3 is 1. The van der Waals surface area contributed by atoms with Crippen LogP contribution in [0.5, 0.6) is 5.75 Å². The van der Waals surface area contributed by atoms with Crippen molar-refractivity contribution in [3.05, 3.63) is 47.3 Å². The second kappa shape index (κ2) is 8.33. The van der Waals surface area contributed by atoms with Crippen molar-refractivity contribution >= 4 is 5.91 Å². The zero-order chi connectivity index (χ0) is 16.7. The third-order valence-corrected chi connectivity index (χ3v) is 3.24. The zero-order valence-electron chi connectivity index (χ0n) is 13.8. The van der Waals surface area contributed by atoms with Crippen LogP contribution >= 0.6 is 0 Å². The van der Waals surface area contributed by atoms with Gasteiger partial charge in [0.1, 0.15) is 11.4 Å². The molecule has 0 unspecified atom stereocenters. The van der Waals surface area contributed by atoms with Gasteiger partial charge in [0.05, 0.1) is 0 Å². The van der Waals surface area contributed by atoms with E-state index in [1.165, 1.54) is 0 Å². The summed E-state index contributed by atoms with van der Waals surface area (Å²) >= 11 is 0. The first-order chi connectivity index (χ1) is 11.1. The Morgan fingerprint density at radius 2 is 2.00 bits per heavy atom. The molecule has 1 amide bonds. The van der Waals surface area contributed by atoms with Gasteiger partial charge in [0, 0.05) is 26.5 Å². The van der Waals surface area contributed by atoms with Crippen LogP contribution in [0.2, 0.25) is 0 Å². The summed E-state index contributed by atoms with van der Waals surface area (Å²) in [5.74, 6) is 0.606. The molecule has 6 nitrogen and oxygen atoms in total. The average molecular weight is 317 g/mol. The summed E-state index contributed by atoms with van der Waals surface area (Å²) in [6.45, 7) is 5.51. The minimum absolute atomic E-state index is 0.189. The monoisotopic (exact) mass is 317 g/mol. The lowest BCUT2D eigenvalue weighted by Gasteiger charge is -2.08. The van der Waals surface area contributed by atoms with Crippen molar-refractivity contribution in [1.29, 1.82) is 0 Å². The number of aryl methyl sites for hydroxylation is 2. The van der Waals surface area contributed by atoms with Gasteiger partial charge in [0.15, 0.2) is 6.73 Å². The second-order valence-electron chi connectivity index (χ2n) is 5.44. The summed E-state index contributed by atoms with van der Waals surface area (Å²) in [7, 11) is 1.64. The third kappa shape index (κ3) is 5.41. The van der Waals surface area contributed by atoms with E-state index in [2.05, 4.69) is 16.5 Å². The number of rotatable bonds is 8. The predicted octanol–water partition coefficient (Wildman–Crippen LogP) is 2.30. The molecule has 6 heteroatoms. The molecule has 1 aromatic heterocycles. The molecule has 0 aliphatic carbocycles. The highest BCUT2D eigenvalue weighted by atomic mass is 16.5. The van der Waals surface area contributed by atoms with Gasteiger partial charge >= 0.3 is 0 Å². The molecule has 0 bridgehead atoms. The molecule has 1 N–H and O–H groups in total. The summed E-state index contributed by atoms with van der Waals surface area (Å²) in [5, 5.41) is 7.02. The number of benzene rings is 1. The van der Waals surface area contributed by atoms with Crippen LogP contribution in [0.1, 0.15) is 28.0 Å². The second-order valence-corrected chi connectivity index (χ2v) is 5.44. The molecule has 2 rings (SSSR count). The van der Waals surface area contributed by atoms with Gasteiger partial charge < -0.3 is 14.8 Å². The predicted molar refractivity (Wildman–Crippen MR) is 87.6 cm³/mol. The van der Waals surface area contributed by atoms with Crippen LogP contribution in [0, 0.1) is 13.8 Å². The topological polar surface area (TPSA) is 65.4 Å². The molecule has 0 spiro atoms. The molecule has 1 aromatic carbocycles. The Hall–Kier alpha value is -2.34. The van der Waals surface area contributed by atoms with E-state index in [4.69, 9.17) is 9.47 Å². The van der Waals surface area contributed by atoms with Gasteiger partial charge in [0.25, 0.3) is 5.91 Å². The summed E-state index contributed by atoms with van der Waals surface area (Å²) in [6, 6.07) is 7.71. The summed E-state index contributed by atoms with van der Waals surface area (Å²) < 4.78 is 12.2. The maximum atomic E-state index is 11.9. The van der Waals surface area contributed by atoms with E-state index in [-0.39, 0.29) is 12.6 Å². The van der Waals surface area contributed by atoms with E-state index in [1.54, 1.807) is 24.1 Å². The quantitative estimate of drug-likeness (QED) is 0.759. The fourth-order valence-corrected chi connectivity index (χ4v) is 2.22. The zero-order valence-corrected chi connectivity index (χ0v) is 13.8. The Bertz CT molecular complexity index is 632. The van der Waals surface area contributed by atoms with Gasteiger partial charge in [0.2, 0.25) is 0 Å². The van der Waals surface area contributed by atoms with Gasteiger partial charge in [-0.05, 0) is 49.6 Å². The first-order valence-corrected chi connectivity index (χ1v) is 7.60. The summed E-state index contributed by atoms with van der Waals surface area (Å²) in [5.41, 5.74) is 2.68. The Morgan fingerprint density at radius 1 is 1.26 bits per heavy atom. The molecule has 2 aromatic rings. The standard InChI is InChI=1S/C17H23N3O3/c1-13-9-14(2)11-15(10-13)23-12-20-7-5-16(19-20)17(21)18-6-4-8-22-3/h5,7,9-11H,4,6,8,12H2,1-3H3,(H,18,21). The SMILES string of the molecule is COCCCNC(=O)c1ccn(COc2cc(C)cc(C)c2)n1. The van der Waals surface area contributed by atoms with Crippen molar-refractivity contribution in [1.82, 2.24) is 15.1 Å². The third-order valence-electron chi connectivity index (χ3n) is 3.24. The van der Waals surface area contributed by atoms with E-state index in [1.807, 2.05) is 26.0 Å². The number of nitrogens with zero attached hydrogens (tertiary/aromatic N) is 2. The first kappa shape index (κ1) is 17.0. The van der Waals surface area contributed by atoms with Crippen molar-refractivity contribution in [3.63, 3.8) is 0 Å². The van der Waals surface area contributed by atoms with Crippen molar-refractivity contribution in [2.45, 2.75) is 27.0 Å². The van der Waals surface area contributed by atoms with Crippen LogP contribution in [0.3, 0.4) is 0 Å². The lowest BCUT2D eigenvalue weighted by Crippen LogP contribution is -2.25. The van der Waals surface area contributed by atoms with E-state index >= 15 is 0 Å². The molecule has 0 saturated heterocycles. The van der Waals surface area contributed by atoms with Crippen LogP contribution in [0.4, 0.5) is 0 Å². The van der Waals surface area contributed by atoms with Gasteiger partial charge in [-0.25, -0.2) is 4.68 Å². The minimum atomic E-state index is -0.189. The smallest absolute Gasteiger partial charge is 0.271 e. The largest absolute Gasteiger partial charge is 0.471 e. The Labute approximate surface area is 136 Å². The Kier molecular flexibility index (Phi) is 6.17. The molecular formula is C17H23N3O3. The number of amides is 1. The van der Waals surface area contributed by atoms with Gasteiger partial charge in [-0.15, -0.1) is 0 Å². The molecule has 124 valence electrons. The number of carbonyl (C=O) groups excluding carboxylic acids is 1. The van der Waals surface area contributed by atoms with Crippen molar-refractivity contribution < 1.29 is 14.3 Å². The maximum absolute atomic E-state index is 11.9. The fraction of sp³-hybridized carbons (Fsp3) is 0.412. The highest BCUT2D eigenvalue weighted by molar-refractivity contribution is 5.92. The van der Waals surface area contributed by atoms with E-state index in [9.17, 15) is 4.79 Å². The molecule has 1 heterocycles. The fourth-order valence-electron chi connectivity index (χ4n) is 2.22. The van der Waals surface area contributed by atoms with Crippen LogP contribution in [0.15, 0.2) is 30.5 Å². The lowest BCUT2D eigenvalue weighted by molar-refractivity contribution is 0.0941. The number of nitrogens with one attached hydrogen (secondary N) is 1. The first-order valence-electron chi connectivity index (χ1n) is 7.60. The van der Waals surface area contributed by atoms with Crippen molar-refractivity contribution in [2.24, 2.45) is 0 Å². The number of hydrogen-bond acceptors (Lipinski definition) is 4. The molecule has 0 aliphatic rings. The average Bonchev–Trinajstić information content (AvgIpc) is 2.97. The van der Waals surface area contributed by atoms with Crippen LogP contribution < -0.4 is 10.1 Å². The van der Waals surface area contributed by atoms with Crippen LogP contribution in [0.25, 0.3) is 0 Å². The molecule has 0 atom stereocenters. The molecule has 0 saturated carbocycles. The number of aromatic nitrogens is 2. The Balaban J connectivity index is 1.85. The van der Waals surface area contributed by atoms with E-state index in [0.717, 1.165) is 23.3 Å². The van der Waals surface area contributed by atoms with Crippen molar-refractivity contribution in [3.8, 4) is 5.75 Å². The minimum Gasteiger partial charge on any atom is -0.471 e. The summed E-state index contributed by atoms with van der Waals surface area (Å²) in [6.07, 6.45) is 2.51. The molecule has 0 aliphatic heterocycles. The normalized spacial score (nSPS) is 10.6. The maximum Gasteiger partial charge on any atom is 0.271 e. The summed E-state index contributed by atoms with van der Waals surface area (Å²) in [4.78, 5) is 11.9.